The average molecular weight is 697 g/mol. The highest BCUT2D eigenvalue weighted by atomic mass is 14.9. The lowest BCUT2D eigenvalue weighted by Gasteiger charge is -2.31. The molecule has 0 fully saturated rings. The molecule has 0 saturated carbocycles. The summed E-state index contributed by atoms with van der Waals surface area (Å²) in [5, 5.41) is 6.24. The second kappa shape index (κ2) is 11.4. The van der Waals surface area contributed by atoms with Gasteiger partial charge in [-0.05, 0) is 89.3 Å². The largest absolute Gasteiger partial charge is 0.228 e. The molecule has 2 heteroatoms. The first-order valence-electron chi connectivity index (χ1n) is 19.0. The van der Waals surface area contributed by atoms with Gasteiger partial charge in [-0.3, -0.25) is 0 Å². The molecule has 0 bridgehead atoms. The fraction of sp³-hybridized carbons (Fsp3) is 0.0189. The SMILES string of the molecule is c1ccc(-c2ccc(-c3nc(-c4ccc5c(c4)-c4ccccc4C54c5ccccc5-c5c4c4ccccc4c4ccccc54)nc4ccccc34)cc2)cc1. The topological polar surface area (TPSA) is 25.8 Å². The molecule has 254 valence electrons. The molecular formula is C53H32N2. The maximum absolute atomic E-state index is 5.35. The van der Waals surface area contributed by atoms with Gasteiger partial charge in [0.25, 0.3) is 0 Å². The lowest BCUT2D eigenvalue weighted by Crippen LogP contribution is -2.26. The minimum atomic E-state index is -0.476. The first-order valence-corrected chi connectivity index (χ1v) is 19.0. The van der Waals surface area contributed by atoms with Crippen molar-refractivity contribution in [2.45, 2.75) is 5.41 Å². The van der Waals surface area contributed by atoms with Gasteiger partial charge in [-0.1, -0.05) is 182 Å². The zero-order valence-electron chi connectivity index (χ0n) is 29.9. The number of hydrogen-bond acceptors (Lipinski definition) is 2. The van der Waals surface area contributed by atoms with Crippen LogP contribution in [0, 0.1) is 0 Å². The lowest BCUT2D eigenvalue weighted by molar-refractivity contribution is 0.802. The van der Waals surface area contributed by atoms with Gasteiger partial charge in [-0.2, -0.15) is 0 Å². The van der Waals surface area contributed by atoms with E-state index in [-0.39, 0.29) is 0 Å². The molecule has 10 aromatic rings. The molecule has 2 aliphatic carbocycles. The van der Waals surface area contributed by atoms with Crippen LogP contribution < -0.4 is 0 Å². The summed E-state index contributed by atoms with van der Waals surface area (Å²) in [6.07, 6.45) is 0. The highest BCUT2D eigenvalue weighted by molar-refractivity contribution is 6.20. The van der Waals surface area contributed by atoms with E-state index >= 15 is 0 Å². The molecule has 2 nitrogen and oxygen atoms in total. The third kappa shape index (κ3) is 4.14. The molecule has 9 aromatic carbocycles. The van der Waals surface area contributed by atoms with Crippen molar-refractivity contribution in [3.05, 3.63) is 216 Å². The average Bonchev–Trinajstić information content (AvgIpc) is 3.74. The Morgan fingerprint density at radius 3 is 1.64 bits per heavy atom. The summed E-state index contributed by atoms with van der Waals surface area (Å²) in [4.78, 5) is 10.6. The van der Waals surface area contributed by atoms with E-state index in [1.165, 1.54) is 77.2 Å². The van der Waals surface area contributed by atoms with E-state index in [2.05, 4.69) is 194 Å². The third-order valence-electron chi connectivity index (χ3n) is 12.1. The molecule has 0 aliphatic heterocycles. The van der Waals surface area contributed by atoms with Crippen LogP contribution in [0.25, 0.3) is 88.5 Å². The summed E-state index contributed by atoms with van der Waals surface area (Å²) in [5.74, 6) is 0.728. The molecule has 2 aliphatic rings. The highest BCUT2D eigenvalue weighted by Gasteiger charge is 2.53. The molecule has 1 aromatic heterocycles. The third-order valence-corrected chi connectivity index (χ3v) is 12.1. The Morgan fingerprint density at radius 1 is 0.327 bits per heavy atom. The predicted octanol–water partition coefficient (Wildman–Crippen LogP) is 13.3. The summed E-state index contributed by atoms with van der Waals surface area (Å²) < 4.78 is 0. The second-order valence-corrected chi connectivity index (χ2v) is 14.8. The minimum Gasteiger partial charge on any atom is -0.228 e. The van der Waals surface area contributed by atoms with E-state index in [9.17, 15) is 0 Å². The molecule has 1 spiro atoms. The second-order valence-electron chi connectivity index (χ2n) is 14.8. The van der Waals surface area contributed by atoms with Crippen LogP contribution in [0.4, 0.5) is 0 Å². The van der Waals surface area contributed by atoms with Crippen LogP contribution in [0.3, 0.4) is 0 Å². The van der Waals surface area contributed by atoms with Gasteiger partial charge in [-0.15, -0.1) is 0 Å². The van der Waals surface area contributed by atoms with Gasteiger partial charge in [0.15, 0.2) is 5.82 Å². The van der Waals surface area contributed by atoms with E-state index in [1.807, 2.05) is 0 Å². The number of nitrogens with zero attached hydrogens (tertiary/aromatic N) is 2. The molecule has 0 saturated heterocycles. The number of hydrogen-bond donors (Lipinski definition) is 0. The first-order chi connectivity index (χ1) is 27.3. The number of aromatic nitrogens is 2. The maximum atomic E-state index is 5.35. The van der Waals surface area contributed by atoms with Crippen molar-refractivity contribution in [1.29, 1.82) is 0 Å². The molecule has 1 unspecified atom stereocenters. The van der Waals surface area contributed by atoms with Crippen molar-refractivity contribution < 1.29 is 0 Å². The molecular weight excluding hydrogens is 665 g/mol. The van der Waals surface area contributed by atoms with E-state index < -0.39 is 5.41 Å². The van der Waals surface area contributed by atoms with Gasteiger partial charge >= 0.3 is 0 Å². The summed E-state index contributed by atoms with van der Waals surface area (Å²) >= 11 is 0. The van der Waals surface area contributed by atoms with Crippen molar-refractivity contribution in [1.82, 2.24) is 9.97 Å². The van der Waals surface area contributed by atoms with Gasteiger partial charge in [-0.25, -0.2) is 9.97 Å². The van der Waals surface area contributed by atoms with Crippen molar-refractivity contribution in [3.63, 3.8) is 0 Å². The van der Waals surface area contributed by atoms with Crippen molar-refractivity contribution in [2.24, 2.45) is 0 Å². The Kier molecular flexibility index (Phi) is 6.29. The van der Waals surface area contributed by atoms with Crippen LogP contribution in [0.1, 0.15) is 22.3 Å². The van der Waals surface area contributed by atoms with E-state index in [1.54, 1.807) is 0 Å². The fourth-order valence-corrected chi connectivity index (χ4v) is 9.83. The highest BCUT2D eigenvalue weighted by Crippen LogP contribution is 2.65. The predicted molar refractivity (Wildman–Crippen MR) is 227 cm³/mol. The number of benzene rings is 9. The van der Waals surface area contributed by atoms with Crippen LogP contribution in [0.15, 0.2) is 194 Å². The molecule has 0 radical (unpaired) electrons. The Morgan fingerprint density at radius 2 is 0.855 bits per heavy atom. The van der Waals surface area contributed by atoms with E-state index in [4.69, 9.17) is 9.97 Å². The Hall–Kier alpha value is -7.16. The van der Waals surface area contributed by atoms with Crippen LogP contribution in [0.2, 0.25) is 0 Å². The molecule has 1 heterocycles. The molecule has 1 atom stereocenters. The Labute approximate surface area is 319 Å². The van der Waals surface area contributed by atoms with Gasteiger partial charge in [0.2, 0.25) is 0 Å². The zero-order valence-corrected chi connectivity index (χ0v) is 29.9. The molecule has 0 amide bonds. The normalized spacial score (nSPS) is 15.0. The van der Waals surface area contributed by atoms with Crippen LogP contribution in [-0.2, 0) is 5.41 Å². The number of para-hydroxylation sites is 1. The van der Waals surface area contributed by atoms with Crippen LogP contribution in [-0.4, -0.2) is 9.97 Å². The first kappa shape index (κ1) is 30.3. The molecule has 0 N–H and O–H groups in total. The molecule has 55 heavy (non-hydrogen) atoms. The summed E-state index contributed by atoms with van der Waals surface area (Å²) in [6.45, 7) is 0. The standard InChI is InChI=1S/C53H32N2/c1-2-14-33(15-3-1)34-26-28-35(29-27-34)51-43-22-10-13-25-48(43)54-52(55-51)36-30-31-47-44(32-36)39-18-8-11-23-45(39)53(47)46-24-12-9-21-42(46)49-40-19-6-4-16-37(40)38-17-5-7-20-41(38)50(49)53/h1-32H. The summed E-state index contributed by atoms with van der Waals surface area (Å²) in [5.41, 5.74) is 16.4. The van der Waals surface area contributed by atoms with Gasteiger partial charge < -0.3 is 0 Å². The number of rotatable bonds is 3. The summed E-state index contributed by atoms with van der Waals surface area (Å²) in [7, 11) is 0. The van der Waals surface area contributed by atoms with Gasteiger partial charge in [0, 0.05) is 16.5 Å². The van der Waals surface area contributed by atoms with E-state index in [0.717, 1.165) is 33.5 Å². The Balaban J connectivity index is 1.10. The minimum absolute atomic E-state index is 0.476. The smallest absolute Gasteiger partial charge is 0.160 e. The van der Waals surface area contributed by atoms with Crippen LogP contribution in [0.5, 0.6) is 0 Å². The van der Waals surface area contributed by atoms with E-state index in [0.29, 0.717) is 0 Å². The number of fused-ring (bicyclic) bond motifs is 16. The van der Waals surface area contributed by atoms with Crippen LogP contribution >= 0.6 is 0 Å². The van der Waals surface area contributed by atoms with Gasteiger partial charge in [0.05, 0.1) is 16.6 Å². The molecule has 12 rings (SSSR count). The fourth-order valence-electron chi connectivity index (χ4n) is 9.83. The van der Waals surface area contributed by atoms with Crippen molar-refractivity contribution in [2.75, 3.05) is 0 Å². The van der Waals surface area contributed by atoms with Gasteiger partial charge in [0.1, 0.15) is 0 Å². The summed E-state index contributed by atoms with van der Waals surface area (Å²) in [6, 6.07) is 70.7. The Bertz CT molecular complexity index is 3200. The van der Waals surface area contributed by atoms with Crippen molar-refractivity contribution in [3.8, 4) is 56.0 Å². The maximum Gasteiger partial charge on any atom is 0.160 e. The lowest BCUT2D eigenvalue weighted by atomic mass is 9.69. The van der Waals surface area contributed by atoms with Crippen molar-refractivity contribution >= 4 is 32.4 Å². The quantitative estimate of drug-likeness (QED) is 0.172. The monoisotopic (exact) mass is 696 g/mol. The zero-order chi connectivity index (χ0) is 36.1.